The molecule has 1 aromatic carbocycles. The molecule has 7 nitrogen and oxygen atoms in total. The standard InChI is InChI=1S/C20H32N4O3.HI/c1-21-20(23-10-5-12-26-15-18-9-13-27-16-18)24-14-19(25)22-11-8-17-6-3-2-4-7-17;/h2-4,6-7,18H,5,8-16H2,1H3,(H,22,25)(H2,21,23,24);1H. The van der Waals surface area contributed by atoms with Crippen molar-refractivity contribution in [3.63, 3.8) is 0 Å². The Bertz CT molecular complexity index is 566. The summed E-state index contributed by atoms with van der Waals surface area (Å²) in [5.74, 6) is 1.13. The minimum atomic E-state index is -0.0454. The smallest absolute Gasteiger partial charge is 0.239 e. The Kier molecular flexibility index (Phi) is 13.7. The van der Waals surface area contributed by atoms with E-state index in [4.69, 9.17) is 9.47 Å². The first-order valence-electron chi connectivity index (χ1n) is 9.68. The summed E-state index contributed by atoms with van der Waals surface area (Å²) in [5.41, 5.74) is 1.21. The van der Waals surface area contributed by atoms with Crippen LogP contribution in [0.1, 0.15) is 18.4 Å². The Balaban J connectivity index is 0.00000392. The van der Waals surface area contributed by atoms with Crippen molar-refractivity contribution in [3.8, 4) is 0 Å². The van der Waals surface area contributed by atoms with Crippen molar-refractivity contribution in [2.45, 2.75) is 19.3 Å². The molecule has 1 saturated heterocycles. The lowest BCUT2D eigenvalue weighted by Gasteiger charge is -2.13. The highest BCUT2D eigenvalue weighted by Crippen LogP contribution is 2.12. The van der Waals surface area contributed by atoms with Gasteiger partial charge < -0.3 is 25.4 Å². The van der Waals surface area contributed by atoms with Crippen molar-refractivity contribution < 1.29 is 14.3 Å². The molecule has 1 heterocycles. The minimum Gasteiger partial charge on any atom is -0.381 e. The fraction of sp³-hybridized carbons (Fsp3) is 0.600. The molecule has 28 heavy (non-hydrogen) atoms. The molecular weight excluding hydrogens is 471 g/mol. The van der Waals surface area contributed by atoms with Gasteiger partial charge in [-0.1, -0.05) is 30.3 Å². The summed E-state index contributed by atoms with van der Waals surface area (Å²) in [6.07, 6.45) is 2.81. The van der Waals surface area contributed by atoms with Crippen LogP contribution in [0.15, 0.2) is 35.3 Å². The molecule has 1 atom stereocenters. The molecule has 8 heteroatoms. The normalized spacial score (nSPS) is 16.3. The average molecular weight is 504 g/mol. The number of rotatable bonds is 11. The van der Waals surface area contributed by atoms with Gasteiger partial charge in [0, 0.05) is 39.3 Å². The first kappa shape index (κ1) is 24.6. The van der Waals surface area contributed by atoms with Gasteiger partial charge in [0.1, 0.15) is 0 Å². The quantitative estimate of drug-likeness (QED) is 0.185. The van der Waals surface area contributed by atoms with Crippen LogP contribution >= 0.6 is 24.0 Å². The second kappa shape index (κ2) is 15.5. The second-order valence-electron chi connectivity index (χ2n) is 6.60. The number of aliphatic imine (C=N–C) groups is 1. The van der Waals surface area contributed by atoms with E-state index in [9.17, 15) is 4.79 Å². The highest BCUT2D eigenvalue weighted by molar-refractivity contribution is 14.0. The molecule has 1 aliphatic heterocycles. The van der Waals surface area contributed by atoms with Crippen LogP contribution in [0.3, 0.4) is 0 Å². The molecule has 1 aliphatic rings. The number of guanidine groups is 1. The Morgan fingerprint density at radius 2 is 2.04 bits per heavy atom. The molecule has 1 unspecified atom stereocenters. The monoisotopic (exact) mass is 504 g/mol. The van der Waals surface area contributed by atoms with Crippen LogP contribution in [0.2, 0.25) is 0 Å². The molecule has 1 aromatic rings. The summed E-state index contributed by atoms with van der Waals surface area (Å²) in [5, 5.41) is 9.12. The van der Waals surface area contributed by atoms with E-state index in [-0.39, 0.29) is 36.4 Å². The molecule has 0 radical (unpaired) electrons. The lowest BCUT2D eigenvalue weighted by atomic mass is 10.1. The summed E-state index contributed by atoms with van der Waals surface area (Å²) in [6, 6.07) is 10.1. The average Bonchev–Trinajstić information content (AvgIpc) is 3.21. The van der Waals surface area contributed by atoms with Crippen LogP contribution < -0.4 is 16.0 Å². The van der Waals surface area contributed by atoms with E-state index < -0.39 is 0 Å². The molecule has 0 saturated carbocycles. The topological polar surface area (TPSA) is 84.0 Å². The van der Waals surface area contributed by atoms with E-state index >= 15 is 0 Å². The maximum absolute atomic E-state index is 11.9. The van der Waals surface area contributed by atoms with Crippen LogP contribution in [-0.2, 0) is 20.7 Å². The van der Waals surface area contributed by atoms with Crippen molar-refractivity contribution >= 4 is 35.8 Å². The zero-order valence-electron chi connectivity index (χ0n) is 16.6. The largest absolute Gasteiger partial charge is 0.381 e. The number of amides is 1. The van der Waals surface area contributed by atoms with Crippen molar-refractivity contribution in [1.82, 2.24) is 16.0 Å². The van der Waals surface area contributed by atoms with Gasteiger partial charge in [-0.25, -0.2) is 0 Å². The van der Waals surface area contributed by atoms with Crippen LogP contribution in [0.5, 0.6) is 0 Å². The fourth-order valence-electron chi connectivity index (χ4n) is 2.78. The number of benzene rings is 1. The third kappa shape index (κ3) is 10.8. The molecular formula is C20H33IN4O3. The van der Waals surface area contributed by atoms with E-state index in [1.807, 2.05) is 18.2 Å². The predicted octanol–water partition coefficient (Wildman–Crippen LogP) is 1.57. The Morgan fingerprint density at radius 3 is 2.75 bits per heavy atom. The van der Waals surface area contributed by atoms with Crippen molar-refractivity contribution in [2.75, 3.05) is 53.1 Å². The number of hydrogen-bond acceptors (Lipinski definition) is 4. The predicted molar refractivity (Wildman–Crippen MR) is 122 cm³/mol. The van der Waals surface area contributed by atoms with E-state index in [1.165, 1.54) is 5.56 Å². The summed E-state index contributed by atoms with van der Waals surface area (Å²) in [7, 11) is 1.69. The van der Waals surface area contributed by atoms with E-state index in [0.717, 1.165) is 45.6 Å². The molecule has 0 aromatic heterocycles. The summed E-state index contributed by atoms with van der Waals surface area (Å²) in [6.45, 7) is 4.74. The number of nitrogens with zero attached hydrogens (tertiary/aromatic N) is 1. The third-order valence-corrected chi connectivity index (χ3v) is 4.35. The third-order valence-electron chi connectivity index (χ3n) is 4.35. The zero-order valence-corrected chi connectivity index (χ0v) is 18.9. The van der Waals surface area contributed by atoms with Gasteiger partial charge in [-0.3, -0.25) is 9.79 Å². The Labute approximate surface area is 185 Å². The summed E-state index contributed by atoms with van der Waals surface area (Å²) >= 11 is 0. The maximum atomic E-state index is 11.9. The Hall–Kier alpha value is -1.39. The van der Waals surface area contributed by atoms with Gasteiger partial charge in [0.05, 0.1) is 19.8 Å². The van der Waals surface area contributed by atoms with Gasteiger partial charge in [-0.05, 0) is 24.8 Å². The number of ether oxygens (including phenoxy) is 2. The molecule has 1 fully saturated rings. The van der Waals surface area contributed by atoms with Crippen molar-refractivity contribution in [3.05, 3.63) is 35.9 Å². The molecule has 3 N–H and O–H groups in total. The minimum absolute atomic E-state index is 0. The Morgan fingerprint density at radius 1 is 1.21 bits per heavy atom. The van der Waals surface area contributed by atoms with Gasteiger partial charge in [-0.2, -0.15) is 0 Å². The molecule has 2 rings (SSSR count). The molecule has 0 spiro atoms. The lowest BCUT2D eigenvalue weighted by molar-refractivity contribution is -0.119. The second-order valence-corrected chi connectivity index (χ2v) is 6.60. The number of halogens is 1. The lowest BCUT2D eigenvalue weighted by Crippen LogP contribution is -2.43. The van der Waals surface area contributed by atoms with Gasteiger partial charge in [0.2, 0.25) is 5.91 Å². The van der Waals surface area contributed by atoms with Crippen molar-refractivity contribution in [1.29, 1.82) is 0 Å². The maximum Gasteiger partial charge on any atom is 0.239 e. The zero-order chi connectivity index (χ0) is 19.2. The van der Waals surface area contributed by atoms with Gasteiger partial charge in [0.15, 0.2) is 5.96 Å². The highest BCUT2D eigenvalue weighted by atomic mass is 127. The van der Waals surface area contributed by atoms with Crippen LogP contribution in [0.25, 0.3) is 0 Å². The fourth-order valence-corrected chi connectivity index (χ4v) is 2.78. The number of nitrogens with one attached hydrogen (secondary N) is 3. The van der Waals surface area contributed by atoms with Gasteiger partial charge in [-0.15, -0.1) is 24.0 Å². The number of hydrogen-bond donors (Lipinski definition) is 3. The number of carbonyl (C=O) groups is 1. The molecule has 1 amide bonds. The number of carbonyl (C=O) groups excluding carboxylic acids is 1. The van der Waals surface area contributed by atoms with Crippen LogP contribution in [-0.4, -0.2) is 65.0 Å². The van der Waals surface area contributed by atoms with Gasteiger partial charge in [0.25, 0.3) is 0 Å². The van der Waals surface area contributed by atoms with Crippen LogP contribution in [0.4, 0.5) is 0 Å². The molecule has 158 valence electrons. The van der Waals surface area contributed by atoms with E-state index in [2.05, 4.69) is 33.1 Å². The first-order valence-corrected chi connectivity index (χ1v) is 9.68. The SMILES string of the molecule is CN=C(NCCCOCC1CCOC1)NCC(=O)NCCc1ccccc1.I. The van der Waals surface area contributed by atoms with E-state index in [1.54, 1.807) is 7.05 Å². The van der Waals surface area contributed by atoms with Gasteiger partial charge >= 0.3 is 0 Å². The van der Waals surface area contributed by atoms with E-state index in [0.29, 0.717) is 25.0 Å². The first-order chi connectivity index (χ1) is 13.3. The summed E-state index contributed by atoms with van der Waals surface area (Å²) in [4.78, 5) is 16.0. The van der Waals surface area contributed by atoms with Crippen molar-refractivity contribution in [2.24, 2.45) is 10.9 Å². The summed E-state index contributed by atoms with van der Waals surface area (Å²) < 4.78 is 11.0. The highest BCUT2D eigenvalue weighted by Gasteiger charge is 2.15. The molecule has 0 aliphatic carbocycles. The van der Waals surface area contributed by atoms with Crippen LogP contribution in [0, 0.1) is 5.92 Å². The molecule has 0 bridgehead atoms.